The third kappa shape index (κ3) is 1.84. The molecule has 1 nitrogen and oxygen atoms in total. The second kappa shape index (κ2) is 3.77. The van der Waals surface area contributed by atoms with Crippen LogP contribution >= 0.6 is 0 Å². The number of hydrogen-bond donors (Lipinski definition) is 0. The van der Waals surface area contributed by atoms with Gasteiger partial charge in [-0.15, -0.1) is 0 Å². The zero-order valence-electron chi connectivity index (χ0n) is 7.01. The average Bonchev–Trinajstić information content (AvgIpc) is 2.31. The summed E-state index contributed by atoms with van der Waals surface area (Å²) < 4.78 is 0. The molecule has 1 rings (SSSR count). The van der Waals surface area contributed by atoms with E-state index in [2.05, 4.69) is 30.9 Å². The molecule has 1 aliphatic rings. The Kier molecular flexibility index (Phi) is 2.94. The van der Waals surface area contributed by atoms with E-state index in [-0.39, 0.29) is 0 Å². The van der Waals surface area contributed by atoms with Crippen molar-refractivity contribution in [3.63, 3.8) is 0 Å². The van der Waals surface area contributed by atoms with Crippen molar-refractivity contribution in [3.05, 3.63) is 12.2 Å². The van der Waals surface area contributed by atoms with Gasteiger partial charge in [-0.2, -0.15) is 0 Å². The Morgan fingerprint density at radius 2 is 2.40 bits per heavy atom. The summed E-state index contributed by atoms with van der Waals surface area (Å²) in [4.78, 5) is 2.53. The SMILES string of the molecule is C/C=C/CN1CCC[C@@H]1C. The van der Waals surface area contributed by atoms with Crippen molar-refractivity contribution in [2.75, 3.05) is 13.1 Å². The smallest absolute Gasteiger partial charge is 0.0165 e. The lowest BCUT2D eigenvalue weighted by atomic mass is 10.2. The van der Waals surface area contributed by atoms with Crippen LogP contribution < -0.4 is 0 Å². The highest BCUT2D eigenvalue weighted by molar-refractivity contribution is 4.85. The molecule has 0 saturated carbocycles. The number of nitrogens with zero attached hydrogens (tertiary/aromatic N) is 1. The minimum atomic E-state index is 0.816. The zero-order valence-corrected chi connectivity index (χ0v) is 7.01. The van der Waals surface area contributed by atoms with Crippen LogP contribution in [0, 0.1) is 0 Å². The predicted molar refractivity (Wildman–Crippen MR) is 45.1 cm³/mol. The molecule has 0 aliphatic carbocycles. The lowest BCUT2D eigenvalue weighted by Crippen LogP contribution is -2.26. The van der Waals surface area contributed by atoms with Gasteiger partial charge in [0.1, 0.15) is 0 Å². The molecular formula is C9H17N. The first-order chi connectivity index (χ1) is 4.84. The summed E-state index contributed by atoms with van der Waals surface area (Å²) >= 11 is 0. The van der Waals surface area contributed by atoms with Crippen molar-refractivity contribution >= 4 is 0 Å². The van der Waals surface area contributed by atoms with Crippen LogP contribution in [0.1, 0.15) is 26.7 Å². The van der Waals surface area contributed by atoms with E-state index < -0.39 is 0 Å². The van der Waals surface area contributed by atoms with E-state index in [1.807, 2.05) is 0 Å². The van der Waals surface area contributed by atoms with E-state index in [9.17, 15) is 0 Å². The van der Waals surface area contributed by atoms with Crippen molar-refractivity contribution in [1.29, 1.82) is 0 Å². The Balaban J connectivity index is 2.26. The fraction of sp³-hybridized carbons (Fsp3) is 0.778. The van der Waals surface area contributed by atoms with Crippen LogP contribution in [-0.4, -0.2) is 24.0 Å². The van der Waals surface area contributed by atoms with Gasteiger partial charge in [0.2, 0.25) is 0 Å². The minimum absolute atomic E-state index is 0.816. The van der Waals surface area contributed by atoms with Gasteiger partial charge >= 0.3 is 0 Å². The van der Waals surface area contributed by atoms with Gasteiger partial charge in [0.15, 0.2) is 0 Å². The Morgan fingerprint density at radius 3 is 2.90 bits per heavy atom. The summed E-state index contributed by atoms with van der Waals surface area (Å²) in [5, 5.41) is 0. The lowest BCUT2D eigenvalue weighted by molar-refractivity contribution is 0.298. The van der Waals surface area contributed by atoms with Gasteiger partial charge < -0.3 is 0 Å². The second-order valence-electron chi connectivity index (χ2n) is 3.06. The highest BCUT2D eigenvalue weighted by Gasteiger charge is 2.17. The summed E-state index contributed by atoms with van der Waals surface area (Å²) in [5.41, 5.74) is 0. The molecular weight excluding hydrogens is 122 g/mol. The van der Waals surface area contributed by atoms with Gasteiger partial charge in [-0.1, -0.05) is 12.2 Å². The maximum atomic E-state index is 2.53. The molecule has 0 aromatic carbocycles. The van der Waals surface area contributed by atoms with Gasteiger partial charge in [-0.25, -0.2) is 0 Å². The fourth-order valence-electron chi connectivity index (χ4n) is 1.50. The minimum Gasteiger partial charge on any atom is -0.297 e. The van der Waals surface area contributed by atoms with Crippen LogP contribution in [0.5, 0.6) is 0 Å². The Bertz CT molecular complexity index is 118. The van der Waals surface area contributed by atoms with E-state index in [0.29, 0.717) is 0 Å². The molecule has 58 valence electrons. The number of likely N-dealkylation sites (tertiary alicyclic amines) is 1. The summed E-state index contributed by atoms with van der Waals surface area (Å²) in [5.74, 6) is 0. The van der Waals surface area contributed by atoms with Crippen LogP contribution in [-0.2, 0) is 0 Å². The number of hydrogen-bond acceptors (Lipinski definition) is 1. The van der Waals surface area contributed by atoms with Crippen LogP contribution in [0.4, 0.5) is 0 Å². The van der Waals surface area contributed by atoms with E-state index in [0.717, 1.165) is 12.6 Å². The Labute approximate surface area is 63.7 Å². The first-order valence-corrected chi connectivity index (χ1v) is 4.20. The van der Waals surface area contributed by atoms with E-state index in [1.165, 1.54) is 19.4 Å². The van der Waals surface area contributed by atoms with E-state index in [1.54, 1.807) is 0 Å². The molecule has 0 amide bonds. The molecule has 0 radical (unpaired) electrons. The molecule has 1 heteroatoms. The van der Waals surface area contributed by atoms with E-state index >= 15 is 0 Å². The van der Waals surface area contributed by atoms with Gasteiger partial charge in [0.25, 0.3) is 0 Å². The van der Waals surface area contributed by atoms with Crippen molar-refractivity contribution in [2.45, 2.75) is 32.7 Å². The monoisotopic (exact) mass is 139 g/mol. The van der Waals surface area contributed by atoms with Crippen LogP contribution in [0.2, 0.25) is 0 Å². The molecule has 0 aromatic heterocycles. The van der Waals surface area contributed by atoms with Crippen LogP contribution in [0.15, 0.2) is 12.2 Å². The van der Waals surface area contributed by atoms with E-state index in [4.69, 9.17) is 0 Å². The zero-order chi connectivity index (χ0) is 7.40. The van der Waals surface area contributed by atoms with Crippen molar-refractivity contribution in [1.82, 2.24) is 4.90 Å². The fourth-order valence-corrected chi connectivity index (χ4v) is 1.50. The third-order valence-corrected chi connectivity index (χ3v) is 2.27. The summed E-state index contributed by atoms with van der Waals surface area (Å²) in [6.45, 7) is 6.85. The molecule has 1 fully saturated rings. The molecule has 0 spiro atoms. The second-order valence-corrected chi connectivity index (χ2v) is 3.06. The molecule has 1 saturated heterocycles. The van der Waals surface area contributed by atoms with Crippen LogP contribution in [0.25, 0.3) is 0 Å². The number of rotatable bonds is 2. The third-order valence-electron chi connectivity index (χ3n) is 2.27. The van der Waals surface area contributed by atoms with Crippen molar-refractivity contribution in [2.24, 2.45) is 0 Å². The molecule has 0 bridgehead atoms. The topological polar surface area (TPSA) is 3.24 Å². The summed E-state index contributed by atoms with van der Waals surface area (Å²) in [7, 11) is 0. The maximum Gasteiger partial charge on any atom is 0.0165 e. The summed E-state index contributed by atoms with van der Waals surface area (Å²) in [6.07, 6.45) is 7.14. The standard InChI is InChI=1S/C9H17N/c1-3-4-7-10-8-5-6-9(10)2/h3-4,9H,5-8H2,1-2H3/b4-3+/t9-/m0/s1. The van der Waals surface area contributed by atoms with Crippen molar-refractivity contribution in [3.8, 4) is 0 Å². The quantitative estimate of drug-likeness (QED) is 0.529. The largest absolute Gasteiger partial charge is 0.297 e. The average molecular weight is 139 g/mol. The Morgan fingerprint density at radius 1 is 1.60 bits per heavy atom. The summed E-state index contributed by atoms with van der Waals surface area (Å²) in [6, 6.07) is 0.816. The maximum absolute atomic E-state index is 2.53. The van der Waals surface area contributed by atoms with Crippen LogP contribution in [0.3, 0.4) is 0 Å². The first-order valence-electron chi connectivity index (χ1n) is 4.20. The molecule has 10 heavy (non-hydrogen) atoms. The lowest BCUT2D eigenvalue weighted by Gasteiger charge is -2.18. The highest BCUT2D eigenvalue weighted by atomic mass is 15.2. The molecule has 1 heterocycles. The van der Waals surface area contributed by atoms with Gasteiger partial charge in [0.05, 0.1) is 0 Å². The number of allylic oxidation sites excluding steroid dienone is 1. The molecule has 0 unspecified atom stereocenters. The first kappa shape index (κ1) is 7.80. The van der Waals surface area contributed by atoms with Gasteiger partial charge in [0, 0.05) is 12.6 Å². The molecule has 0 aromatic rings. The normalized spacial score (nSPS) is 28.4. The molecule has 1 atom stereocenters. The highest BCUT2D eigenvalue weighted by Crippen LogP contribution is 2.15. The Hall–Kier alpha value is -0.300. The molecule has 1 aliphatic heterocycles. The van der Waals surface area contributed by atoms with Crippen molar-refractivity contribution < 1.29 is 0 Å². The predicted octanol–water partition coefficient (Wildman–Crippen LogP) is 2.05. The molecule has 0 N–H and O–H groups in total. The van der Waals surface area contributed by atoms with Gasteiger partial charge in [-0.05, 0) is 33.2 Å². The van der Waals surface area contributed by atoms with Gasteiger partial charge in [-0.3, -0.25) is 4.90 Å².